The van der Waals surface area contributed by atoms with Crippen molar-refractivity contribution in [3.63, 3.8) is 0 Å². The first kappa shape index (κ1) is 18.3. The second-order valence-corrected chi connectivity index (χ2v) is 5.76. The van der Waals surface area contributed by atoms with Gasteiger partial charge >= 0.3 is 0 Å². The molecule has 0 atom stereocenters. The van der Waals surface area contributed by atoms with Crippen molar-refractivity contribution in [1.82, 2.24) is 14.9 Å². The van der Waals surface area contributed by atoms with Crippen molar-refractivity contribution in [1.29, 1.82) is 0 Å². The van der Waals surface area contributed by atoms with Gasteiger partial charge in [0.2, 0.25) is 4.77 Å². The van der Waals surface area contributed by atoms with Crippen LogP contribution in [0.15, 0.2) is 53.9 Å². The van der Waals surface area contributed by atoms with Gasteiger partial charge in [0.05, 0.1) is 18.2 Å². The van der Waals surface area contributed by atoms with E-state index in [1.54, 1.807) is 37.6 Å². The molecular formula is C17H15N5O4S. The van der Waals surface area contributed by atoms with Crippen LogP contribution in [0.4, 0.5) is 5.69 Å². The lowest BCUT2D eigenvalue weighted by Crippen LogP contribution is -1.99. The van der Waals surface area contributed by atoms with Gasteiger partial charge in [-0.25, -0.2) is 0 Å². The Balaban J connectivity index is 1.70. The Bertz CT molecular complexity index is 1030. The molecule has 9 nitrogen and oxygen atoms in total. The number of ether oxygens (including phenoxy) is 2. The van der Waals surface area contributed by atoms with Gasteiger partial charge in [0.15, 0.2) is 11.5 Å². The zero-order valence-corrected chi connectivity index (χ0v) is 15.0. The van der Waals surface area contributed by atoms with Crippen LogP contribution in [0, 0.1) is 14.9 Å². The molecule has 138 valence electrons. The molecule has 0 aliphatic rings. The summed E-state index contributed by atoms with van der Waals surface area (Å²) in [6, 6.07) is 11.5. The highest BCUT2D eigenvalue weighted by Crippen LogP contribution is 2.28. The van der Waals surface area contributed by atoms with E-state index in [0.29, 0.717) is 16.3 Å². The zero-order valence-electron chi connectivity index (χ0n) is 14.2. The summed E-state index contributed by atoms with van der Waals surface area (Å²) in [6.45, 7) is 0.256. The maximum atomic E-state index is 10.7. The van der Waals surface area contributed by atoms with Crippen molar-refractivity contribution < 1.29 is 14.4 Å². The number of aromatic nitrogens is 3. The van der Waals surface area contributed by atoms with Crippen molar-refractivity contribution >= 4 is 24.1 Å². The van der Waals surface area contributed by atoms with E-state index in [2.05, 4.69) is 15.3 Å². The van der Waals surface area contributed by atoms with E-state index in [1.165, 1.54) is 23.1 Å². The van der Waals surface area contributed by atoms with E-state index < -0.39 is 4.92 Å². The molecule has 0 radical (unpaired) electrons. The van der Waals surface area contributed by atoms with Crippen LogP contribution in [0.3, 0.4) is 0 Å². The molecule has 0 unspecified atom stereocenters. The van der Waals surface area contributed by atoms with E-state index >= 15 is 0 Å². The molecule has 3 rings (SSSR count). The predicted octanol–water partition coefficient (Wildman–Crippen LogP) is 3.32. The fourth-order valence-corrected chi connectivity index (χ4v) is 2.36. The zero-order chi connectivity index (χ0) is 19.2. The first-order valence-electron chi connectivity index (χ1n) is 7.77. The van der Waals surface area contributed by atoms with Crippen LogP contribution in [-0.4, -0.2) is 33.1 Å². The topological polar surface area (TPSA) is 108 Å². The van der Waals surface area contributed by atoms with E-state index in [-0.39, 0.29) is 12.3 Å². The minimum atomic E-state index is -0.440. The molecule has 2 aromatic carbocycles. The number of hydrogen-bond acceptors (Lipinski definition) is 7. The molecule has 0 fully saturated rings. The number of aromatic amines is 1. The van der Waals surface area contributed by atoms with Gasteiger partial charge in [0, 0.05) is 12.1 Å². The van der Waals surface area contributed by atoms with Gasteiger partial charge in [-0.05, 0) is 53.7 Å². The molecular weight excluding hydrogens is 370 g/mol. The highest BCUT2D eigenvalue weighted by molar-refractivity contribution is 7.71. The van der Waals surface area contributed by atoms with E-state index in [1.807, 2.05) is 6.07 Å². The lowest BCUT2D eigenvalue weighted by molar-refractivity contribution is -0.384. The fraction of sp³-hybridized carbons (Fsp3) is 0.118. The summed E-state index contributed by atoms with van der Waals surface area (Å²) in [5.41, 5.74) is 1.64. The third-order valence-corrected chi connectivity index (χ3v) is 3.87. The third-order valence-electron chi connectivity index (χ3n) is 3.60. The number of nitro benzene ring substituents is 1. The molecule has 0 spiro atoms. The van der Waals surface area contributed by atoms with Crippen molar-refractivity contribution in [3.05, 3.63) is 74.8 Å². The molecule has 3 aromatic rings. The number of nitrogens with one attached hydrogen (secondary N) is 1. The predicted molar refractivity (Wildman–Crippen MR) is 101 cm³/mol. The molecule has 0 saturated carbocycles. The number of benzene rings is 2. The number of rotatable bonds is 7. The van der Waals surface area contributed by atoms with Crippen molar-refractivity contribution in [2.75, 3.05) is 7.11 Å². The second-order valence-electron chi connectivity index (χ2n) is 5.37. The number of hydrogen-bond donors (Lipinski definition) is 1. The molecule has 0 aliphatic carbocycles. The number of nitrogens with zero attached hydrogens (tertiary/aromatic N) is 4. The number of nitro groups is 1. The summed E-state index contributed by atoms with van der Waals surface area (Å²) < 4.78 is 12.9. The maximum Gasteiger partial charge on any atom is 0.269 e. The van der Waals surface area contributed by atoms with Crippen molar-refractivity contribution in [3.8, 4) is 11.5 Å². The third kappa shape index (κ3) is 4.55. The number of non-ortho nitro benzene ring substituents is 1. The molecule has 10 heteroatoms. The van der Waals surface area contributed by atoms with Gasteiger partial charge in [0.1, 0.15) is 12.9 Å². The van der Waals surface area contributed by atoms with Crippen LogP contribution in [0.25, 0.3) is 0 Å². The largest absolute Gasteiger partial charge is 0.493 e. The van der Waals surface area contributed by atoms with E-state index in [9.17, 15) is 10.1 Å². The highest BCUT2D eigenvalue weighted by atomic mass is 32.1. The van der Waals surface area contributed by atoms with Crippen LogP contribution in [0.2, 0.25) is 0 Å². The average Bonchev–Trinajstić information content (AvgIpc) is 3.10. The quantitative estimate of drug-likeness (QED) is 0.289. The molecule has 1 N–H and O–H groups in total. The van der Waals surface area contributed by atoms with Gasteiger partial charge in [0.25, 0.3) is 5.69 Å². The summed E-state index contributed by atoms with van der Waals surface area (Å²) in [4.78, 5) is 10.2. The highest BCUT2D eigenvalue weighted by Gasteiger charge is 2.08. The van der Waals surface area contributed by atoms with Crippen LogP contribution in [0.1, 0.15) is 11.1 Å². The molecule has 0 bridgehead atoms. The van der Waals surface area contributed by atoms with Crippen LogP contribution in [-0.2, 0) is 6.61 Å². The monoisotopic (exact) mass is 385 g/mol. The minimum Gasteiger partial charge on any atom is -0.493 e. The van der Waals surface area contributed by atoms with Crippen LogP contribution < -0.4 is 9.47 Å². The lowest BCUT2D eigenvalue weighted by Gasteiger charge is -2.11. The van der Waals surface area contributed by atoms with Crippen LogP contribution >= 0.6 is 12.2 Å². The molecule has 0 aliphatic heterocycles. The standard InChI is InChI=1S/C17H15N5O4S/c1-25-16-8-13(9-19-21-11-18-20-17(21)27)4-7-15(16)26-10-12-2-5-14(6-3-12)22(23)24/h2-9,11H,10H2,1H3,(H,20,27). The average molecular weight is 385 g/mol. The fourth-order valence-electron chi connectivity index (χ4n) is 2.21. The summed E-state index contributed by atoms with van der Waals surface area (Å²) in [5.74, 6) is 1.09. The Morgan fingerprint density at radius 3 is 2.70 bits per heavy atom. The van der Waals surface area contributed by atoms with Crippen LogP contribution in [0.5, 0.6) is 11.5 Å². The minimum absolute atomic E-state index is 0.0395. The van der Waals surface area contributed by atoms with Gasteiger partial charge in [-0.15, -0.1) is 0 Å². The summed E-state index contributed by atoms with van der Waals surface area (Å²) in [6.07, 6.45) is 3.09. The SMILES string of the molecule is COc1cc(C=Nn2cn[nH]c2=S)ccc1OCc1ccc([N+](=O)[O-])cc1. The number of H-pyrrole nitrogens is 1. The Morgan fingerprint density at radius 2 is 2.07 bits per heavy atom. The Hall–Kier alpha value is -3.53. The Morgan fingerprint density at radius 1 is 1.30 bits per heavy atom. The smallest absolute Gasteiger partial charge is 0.269 e. The summed E-state index contributed by atoms with van der Waals surface area (Å²) >= 11 is 5.02. The molecule has 0 saturated heterocycles. The van der Waals surface area contributed by atoms with Gasteiger partial charge in [-0.3, -0.25) is 15.2 Å². The number of methoxy groups -OCH3 is 1. The van der Waals surface area contributed by atoms with E-state index in [4.69, 9.17) is 21.7 Å². The molecule has 1 aromatic heterocycles. The lowest BCUT2D eigenvalue weighted by atomic mass is 10.2. The molecule has 1 heterocycles. The maximum absolute atomic E-state index is 10.7. The van der Waals surface area contributed by atoms with Gasteiger partial charge in [-0.1, -0.05) is 0 Å². The summed E-state index contributed by atoms with van der Waals surface area (Å²) in [7, 11) is 1.54. The first-order valence-corrected chi connectivity index (χ1v) is 8.18. The van der Waals surface area contributed by atoms with E-state index in [0.717, 1.165) is 11.1 Å². The van der Waals surface area contributed by atoms with Crippen molar-refractivity contribution in [2.45, 2.75) is 6.61 Å². The summed E-state index contributed by atoms with van der Waals surface area (Å²) in [5, 5.41) is 21.3. The Kier molecular flexibility index (Phi) is 5.57. The normalized spacial score (nSPS) is 10.9. The second kappa shape index (κ2) is 8.23. The molecule has 27 heavy (non-hydrogen) atoms. The Labute approximate surface area is 159 Å². The van der Waals surface area contributed by atoms with Gasteiger partial charge < -0.3 is 9.47 Å². The van der Waals surface area contributed by atoms with Crippen molar-refractivity contribution in [2.24, 2.45) is 5.10 Å². The first-order chi connectivity index (χ1) is 13.1. The molecule has 0 amide bonds. The van der Waals surface area contributed by atoms with Gasteiger partial charge in [-0.2, -0.15) is 14.9 Å².